The number of hydrogen-bond acceptors (Lipinski definition) is 3. The lowest BCUT2D eigenvalue weighted by atomic mass is 10.1. The topological polar surface area (TPSA) is 47.6 Å². The van der Waals surface area contributed by atoms with E-state index in [1.807, 2.05) is 30.3 Å². The number of nitrogens with one attached hydrogen (secondary N) is 1. The zero-order chi connectivity index (χ0) is 11.1. The summed E-state index contributed by atoms with van der Waals surface area (Å²) in [7, 11) is 3.11. The maximum absolute atomic E-state index is 10.9. The van der Waals surface area contributed by atoms with Gasteiger partial charge in [-0.25, -0.2) is 4.79 Å². The number of hydrogen-bond donors (Lipinski definition) is 1. The van der Waals surface area contributed by atoms with E-state index in [1.54, 1.807) is 7.11 Å². The molecule has 1 aromatic rings. The molecule has 82 valence electrons. The van der Waals surface area contributed by atoms with Gasteiger partial charge in [-0.3, -0.25) is 0 Å². The van der Waals surface area contributed by atoms with Gasteiger partial charge in [0.1, 0.15) is 12.7 Å². The summed E-state index contributed by atoms with van der Waals surface area (Å²) < 4.78 is 10.1. The van der Waals surface area contributed by atoms with Gasteiger partial charge >= 0.3 is 6.09 Å². The Morgan fingerprint density at radius 2 is 2.07 bits per heavy atom. The third-order valence-electron chi connectivity index (χ3n) is 2.03. The number of benzene rings is 1. The Kier molecular flexibility index (Phi) is 4.63. The summed E-state index contributed by atoms with van der Waals surface area (Å²) in [5, 5.41) is 2.38. The maximum Gasteiger partial charge on any atom is 0.406 e. The molecular formula is C11H15NO3. The molecule has 1 N–H and O–H groups in total. The van der Waals surface area contributed by atoms with Gasteiger partial charge in [0.05, 0.1) is 0 Å². The fourth-order valence-corrected chi connectivity index (χ4v) is 1.19. The zero-order valence-corrected chi connectivity index (χ0v) is 8.90. The number of ether oxygens (including phenoxy) is 2. The molecular weight excluding hydrogens is 194 g/mol. The smallest absolute Gasteiger partial charge is 0.406 e. The number of alkyl carbamates (subject to hydrolysis) is 1. The molecule has 0 saturated carbocycles. The fraction of sp³-hybridized carbons (Fsp3) is 0.364. The SMILES string of the molecule is CNC(=O)OCC(OC)c1ccccc1. The standard InChI is InChI=1S/C11H15NO3/c1-12-11(13)15-8-10(14-2)9-6-4-3-5-7-9/h3-7,10H,8H2,1-2H3,(H,12,13). The third-order valence-corrected chi connectivity index (χ3v) is 2.03. The van der Waals surface area contributed by atoms with E-state index >= 15 is 0 Å². The molecule has 0 aliphatic carbocycles. The number of amides is 1. The van der Waals surface area contributed by atoms with Crippen LogP contribution in [0.15, 0.2) is 30.3 Å². The highest BCUT2D eigenvalue weighted by Gasteiger charge is 2.11. The van der Waals surface area contributed by atoms with E-state index in [1.165, 1.54) is 7.05 Å². The highest BCUT2D eigenvalue weighted by atomic mass is 16.6. The molecule has 4 heteroatoms. The van der Waals surface area contributed by atoms with E-state index in [9.17, 15) is 4.79 Å². The van der Waals surface area contributed by atoms with Crippen molar-refractivity contribution in [2.24, 2.45) is 0 Å². The van der Waals surface area contributed by atoms with Gasteiger partial charge in [-0.1, -0.05) is 30.3 Å². The summed E-state index contributed by atoms with van der Waals surface area (Å²) in [6.45, 7) is 0.209. The first-order valence-electron chi connectivity index (χ1n) is 4.70. The molecule has 1 atom stereocenters. The molecule has 0 spiro atoms. The van der Waals surface area contributed by atoms with Gasteiger partial charge in [-0.05, 0) is 5.56 Å². The van der Waals surface area contributed by atoms with E-state index in [0.717, 1.165) is 5.56 Å². The normalized spacial score (nSPS) is 11.9. The van der Waals surface area contributed by atoms with Crippen molar-refractivity contribution in [2.75, 3.05) is 20.8 Å². The lowest BCUT2D eigenvalue weighted by molar-refractivity contribution is 0.0350. The van der Waals surface area contributed by atoms with Crippen molar-refractivity contribution in [3.8, 4) is 0 Å². The van der Waals surface area contributed by atoms with Gasteiger partial charge in [0.15, 0.2) is 0 Å². The van der Waals surface area contributed by atoms with E-state index in [-0.39, 0.29) is 12.7 Å². The van der Waals surface area contributed by atoms with E-state index in [4.69, 9.17) is 9.47 Å². The second kappa shape index (κ2) is 6.03. The quantitative estimate of drug-likeness (QED) is 0.821. The minimum absolute atomic E-state index is 0.209. The average molecular weight is 209 g/mol. The van der Waals surface area contributed by atoms with Gasteiger partial charge < -0.3 is 14.8 Å². The zero-order valence-electron chi connectivity index (χ0n) is 8.90. The Morgan fingerprint density at radius 3 is 2.60 bits per heavy atom. The van der Waals surface area contributed by atoms with Crippen LogP contribution < -0.4 is 5.32 Å². The first-order valence-corrected chi connectivity index (χ1v) is 4.70. The van der Waals surface area contributed by atoms with Crippen LogP contribution in [0.5, 0.6) is 0 Å². The van der Waals surface area contributed by atoms with Crippen LogP contribution in [0.3, 0.4) is 0 Å². The Hall–Kier alpha value is -1.55. The summed E-state index contributed by atoms with van der Waals surface area (Å²) in [6.07, 6.45) is -0.670. The van der Waals surface area contributed by atoms with Gasteiger partial charge in [0, 0.05) is 14.2 Å². The van der Waals surface area contributed by atoms with Crippen LogP contribution in [0.4, 0.5) is 4.79 Å². The number of rotatable bonds is 4. The largest absolute Gasteiger partial charge is 0.446 e. The molecule has 0 aliphatic heterocycles. The molecule has 1 amide bonds. The average Bonchev–Trinajstić information content (AvgIpc) is 2.31. The Bertz CT molecular complexity index is 300. The van der Waals surface area contributed by atoms with Crippen molar-refractivity contribution in [3.63, 3.8) is 0 Å². The summed E-state index contributed by atoms with van der Waals surface area (Å²) in [6, 6.07) is 9.63. The monoisotopic (exact) mass is 209 g/mol. The second-order valence-corrected chi connectivity index (χ2v) is 2.98. The van der Waals surface area contributed by atoms with Crippen LogP contribution in [0, 0.1) is 0 Å². The summed E-state index contributed by atoms with van der Waals surface area (Å²) in [4.78, 5) is 10.9. The molecule has 1 unspecified atom stereocenters. The molecule has 0 radical (unpaired) electrons. The van der Waals surface area contributed by atoms with Gasteiger partial charge in [0.2, 0.25) is 0 Å². The molecule has 0 fully saturated rings. The van der Waals surface area contributed by atoms with Crippen molar-refractivity contribution >= 4 is 6.09 Å². The van der Waals surface area contributed by atoms with Crippen molar-refractivity contribution < 1.29 is 14.3 Å². The summed E-state index contributed by atoms with van der Waals surface area (Å²) >= 11 is 0. The predicted octanol–water partition coefficient (Wildman–Crippen LogP) is 1.73. The van der Waals surface area contributed by atoms with Crippen LogP contribution in [-0.2, 0) is 9.47 Å². The van der Waals surface area contributed by atoms with Crippen LogP contribution in [0.25, 0.3) is 0 Å². The summed E-state index contributed by atoms with van der Waals surface area (Å²) in [5.41, 5.74) is 0.990. The lowest BCUT2D eigenvalue weighted by Gasteiger charge is -2.15. The molecule has 15 heavy (non-hydrogen) atoms. The van der Waals surface area contributed by atoms with Gasteiger partial charge in [-0.15, -0.1) is 0 Å². The number of methoxy groups -OCH3 is 1. The minimum Gasteiger partial charge on any atom is -0.446 e. The molecule has 1 aromatic carbocycles. The van der Waals surface area contributed by atoms with Gasteiger partial charge in [-0.2, -0.15) is 0 Å². The molecule has 0 saturated heterocycles. The van der Waals surface area contributed by atoms with Crippen LogP contribution in [0.2, 0.25) is 0 Å². The lowest BCUT2D eigenvalue weighted by Crippen LogP contribution is -2.22. The van der Waals surface area contributed by atoms with Crippen molar-refractivity contribution in [1.29, 1.82) is 0 Å². The number of carbonyl (C=O) groups excluding carboxylic acids is 1. The molecule has 0 aromatic heterocycles. The van der Waals surface area contributed by atoms with E-state index in [2.05, 4.69) is 5.32 Å². The third kappa shape index (κ3) is 3.59. The Labute approximate surface area is 89.2 Å². The fourth-order valence-electron chi connectivity index (χ4n) is 1.19. The van der Waals surface area contributed by atoms with Crippen LogP contribution in [0.1, 0.15) is 11.7 Å². The van der Waals surface area contributed by atoms with E-state index in [0.29, 0.717) is 0 Å². The Morgan fingerprint density at radius 1 is 1.40 bits per heavy atom. The van der Waals surface area contributed by atoms with Gasteiger partial charge in [0.25, 0.3) is 0 Å². The Balaban J connectivity index is 2.53. The maximum atomic E-state index is 10.9. The molecule has 0 heterocycles. The minimum atomic E-state index is -0.451. The first kappa shape index (κ1) is 11.5. The highest BCUT2D eigenvalue weighted by molar-refractivity contribution is 5.66. The highest BCUT2D eigenvalue weighted by Crippen LogP contribution is 2.16. The van der Waals surface area contributed by atoms with Crippen molar-refractivity contribution in [3.05, 3.63) is 35.9 Å². The molecule has 4 nitrogen and oxygen atoms in total. The van der Waals surface area contributed by atoms with Crippen molar-refractivity contribution in [1.82, 2.24) is 5.32 Å². The molecule has 0 bridgehead atoms. The predicted molar refractivity (Wildman–Crippen MR) is 56.6 cm³/mol. The molecule has 0 aliphatic rings. The van der Waals surface area contributed by atoms with Crippen LogP contribution in [-0.4, -0.2) is 26.9 Å². The second-order valence-electron chi connectivity index (χ2n) is 2.98. The van der Waals surface area contributed by atoms with Crippen LogP contribution >= 0.6 is 0 Å². The molecule has 1 rings (SSSR count). The number of carbonyl (C=O) groups is 1. The first-order chi connectivity index (χ1) is 7.27. The van der Waals surface area contributed by atoms with E-state index < -0.39 is 6.09 Å². The van der Waals surface area contributed by atoms with Crippen molar-refractivity contribution in [2.45, 2.75) is 6.10 Å². The summed E-state index contributed by atoms with van der Waals surface area (Å²) in [5.74, 6) is 0.